The highest BCUT2D eigenvalue weighted by molar-refractivity contribution is 7.47. The van der Waals surface area contributed by atoms with Gasteiger partial charge in [-0.05, 0) is 37.5 Å². The summed E-state index contributed by atoms with van der Waals surface area (Å²) in [5, 5.41) is 10.6. The van der Waals surface area contributed by atoms with Gasteiger partial charge in [-0.1, -0.05) is 382 Å². The molecule has 0 radical (unpaired) electrons. The topological polar surface area (TPSA) is 237 Å². The van der Waals surface area contributed by atoms with E-state index in [9.17, 15) is 43.2 Å². The number of esters is 4. The van der Waals surface area contributed by atoms with Crippen molar-refractivity contribution in [1.82, 2.24) is 0 Å². The van der Waals surface area contributed by atoms with Crippen molar-refractivity contribution in [3.63, 3.8) is 0 Å². The van der Waals surface area contributed by atoms with Gasteiger partial charge in [0.05, 0.1) is 26.4 Å². The van der Waals surface area contributed by atoms with E-state index in [-0.39, 0.29) is 25.7 Å². The maximum absolute atomic E-state index is 13.1. The first-order chi connectivity index (χ1) is 48.9. The highest BCUT2D eigenvalue weighted by Crippen LogP contribution is 2.45. The maximum Gasteiger partial charge on any atom is 0.472 e. The lowest BCUT2D eigenvalue weighted by atomic mass is 9.99. The molecule has 0 heterocycles. The summed E-state index contributed by atoms with van der Waals surface area (Å²) in [5.74, 6) is -0.583. The van der Waals surface area contributed by atoms with Crippen molar-refractivity contribution in [1.29, 1.82) is 0 Å². The van der Waals surface area contributed by atoms with Crippen LogP contribution in [0.5, 0.6) is 0 Å². The predicted molar refractivity (Wildman–Crippen MR) is 414 cm³/mol. The molecular formula is C82H160O17P2. The molecule has 3 N–H and O–H groups in total. The van der Waals surface area contributed by atoms with Crippen LogP contribution in [0.3, 0.4) is 0 Å². The molecule has 0 aromatic rings. The quantitative estimate of drug-likeness (QED) is 0.0222. The third kappa shape index (κ3) is 74.7. The van der Waals surface area contributed by atoms with E-state index < -0.39 is 97.5 Å². The standard InChI is InChI=1S/C82H160O17P2/c1-7-10-12-14-16-18-20-22-24-26-28-33-37-41-45-52-58-64-79(84)92-70-77(98-81(86)66-61-55-47-43-39-35-31-30-32-36-40-44-51-57-63-75(6)9-3)72-96-100(88,89)94-68-76(83)69-95-101(90,91)97-73-78(71-93-80(85)65-59-53-49-48-50-56-62-74(4)5)99-82(87)67-60-54-46-42-38-34-29-27-25-23-21-19-17-15-13-11-8-2/h74-78,83H,7-73H2,1-6H3,(H,88,89)(H,90,91)/t75?,76-,77-,78-/m1/s1. The Hall–Kier alpha value is -1.94. The predicted octanol–water partition coefficient (Wildman–Crippen LogP) is 24.7. The summed E-state index contributed by atoms with van der Waals surface area (Å²) in [6, 6.07) is 0. The van der Waals surface area contributed by atoms with Gasteiger partial charge in [0.1, 0.15) is 19.3 Å². The number of hydrogen-bond acceptors (Lipinski definition) is 15. The Morgan fingerprint density at radius 2 is 0.505 bits per heavy atom. The van der Waals surface area contributed by atoms with Crippen molar-refractivity contribution in [2.75, 3.05) is 39.6 Å². The summed E-state index contributed by atoms with van der Waals surface area (Å²) in [4.78, 5) is 73.0. The highest BCUT2D eigenvalue weighted by Gasteiger charge is 2.30. The summed E-state index contributed by atoms with van der Waals surface area (Å²) in [6.45, 7) is 9.62. The Morgan fingerprint density at radius 1 is 0.287 bits per heavy atom. The van der Waals surface area contributed by atoms with Crippen LogP contribution < -0.4 is 0 Å². The molecule has 0 aliphatic carbocycles. The second kappa shape index (κ2) is 73.6. The minimum atomic E-state index is -4.96. The van der Waals surface area contributed by atoms with Gasteiger partial charge in [0.15, 0.2) is 12.2 Å². The van der Waals surface area contributed by atoms with E-state index in [1.165, 1.54) is 244 Å². The number of aliphatic hydroxyl groups is 1. The van der Waals surface area contributed by atoms with E-state index in [4.69, 9.17) is 37.0 Å². The Bertz CT molecular complexity index is 1940. The van der Waals surface area contributed by atoms with Crippen molar-refractivity contribution in [2.24, 2.45) is 11.8 Å². The van der Waals surface area contributed by atoms with Crippen molar-refractivity contribution in [3.05, 3.63) is 0 Å². The third-order valence-corrected chi connectivity index (χ3v) is 21.5. The Kier molecular flexibility index (Phi) is 72.2. The molecule has 0 aromatic carbocycles. The Balaban J connectivity index is 5.22. The van der Waals surface area contributed by atoms with Gasteiger partial charge in [-0.3, -0.25) is 37.3 Å². The Labute approximate surface area is 619 Å². The fourth-order valence-corrected chi connectivity index (χ4v) is 14.3. The monoisotopic (exact) mass is 1480 g/mol. The number of ether oxygens (including phenoxy) is 4. The van der Waals surface area contributed by atoms with Crippen molar-refractivity contribution < 1.29 is 80.2 Å². The van der Waals surface area contributed by atoms with Gasteiger partial charge in [0.25, 0.3) is 0 Å². The summed E-state index contributed by atoms with van der Waals surface area (Å²) in [5.41, 5.74) is 0. The molecule has 0 saturated carbocycles. The molecule has 0 aromatic heterocycles. The van der Waals surface area contributed by atoms with Gasteiger partial charge < -0.3 is 33.8 Å². The lowest BCUT2D eigenvalue weighted by Gasteiger charge is -2.21. The second-order valence-corrected chi connectivity index (χ2v) is 33.1. The molecule has 0 rings (SSSR count). The summed E-state index contributed by atoms with van der Waals surface area (Å²) in [6.07, 6.45) is 63.9. The van der Waals surface area contributed by atoms with Gasteiger partial charge >= 0.3 is 39.5 Å². The van der Waals surface area contributed by atoms with Crippen LogP contribution in [-0.2, 0) is 65.4 Å². The van der Waals surface area contributed by atoms with E-state index in [0.717, 1.165) is 102 Å². The van der Waals surface area contributed by atoms with E-state index in [0.29, 0.717) is 31.6 Å². The summed E-state index contributed by atoms with van der Waals surface area (Å²) >= 11 is 0. The van der Waals surface area contributed by atoms with E-state index in [1.807, 2.05) is 0 Å². The fourth-order valence-electron chi connectivity index (χ4n) is 12.7. The minimum absolute atomic E-state index is 0.108. The smallest absolute Gasteiger partial charge is 0.462 e. The first kappa shape index (κ1) is 99.1. The molecule has 0 saturated heterocycles. The Morgan fingerprint density at radius 3 is 0.752 bits per heavy atom. The van der Waals surface area contributed by atoms with Gasteiger partial charge in [-0.15, -0.1) is 0 Å². The SMILES string of the molecule is CCCCCCCCCCCCCCCCCCCC(=O)OC[C@H](COP(=O)(O)OC[C@@H](O)COP(=O)(O)OC[C@@H](COC(=O)CCCCCCCCC(C)C)OC(=O)CCCCCCCCCCCCCCCCCCC)OC(=O)CCCCCCCCCCCCCCCCC(C)CC. The lowest BCUT2D eigenvalue weighted by molar-refractivity contribution is -0.161. The molecule has 0 bridgehead atoms. The number of carbonyl (C=O) groups excluding carboxylic acids is 4. The average molecular weight is 1480 g/mol. The first-order valence-electron chi connectivity index (χ1n) is 42.5. The van der Waals surface area contributed by atoms with E-state index >= 15 is 0 Å². The molecule has 600 valence electrons. The average Bonchev–Trinajstić information content (AvgIpc) is 0.960. The maximum atomic E-state index is 13.1. The molecule has 0 amide bonds. The number of phosphoric acid groups is 2. The van der Waals surface area contributed by atoms with Crippen LogP contribution >= 0.6 is 15.6 Å². The van der Waals surface area contributed by atoms with Crippen LogP contribution in [0.4, 0.5) is 0 Å². The number of hydrogen-bond donors (Lipinski definition) is 3. The van der Waals surface area contributed by atoms with Gasteiger partial charge in [0.2, 0.25) is 0 Å². The molecule has 0 fully saturated rings. The number of carbonyl (C=O) groups is 4. The third-order valence-electron chi connectivity index (χ3n) is 19.6. The summed E-state index contributed by atoms with van der Waals surface area (Å²) in [7, 11) is -9.92. The molecule has 0 spiro atoms. The fraction of sp³-hybridized carbons (Fsp3) is 0.951. The minimum Gasteiger partial charge on any atom is -0.462 e. The molecular weight excluding hydrogens is 1320 g/mol. The number of unbranched alkanes of at least 4 members (excludes halogenated alkanes) is 50. The zero-order valence-electron chi connectivity index (χ0n) is 66.2. The molecule has 0 aliphatic rings. The van der Waals surface area contributed by atoms with Crippen molar-refractivity contribution in [3.8, 4) is 0 Å². The molecule has 6 atom stereocenters. The second-order valence-electron chi connectivity index (χ2n) is 30.2. The zero-order chi connectivity index (χ0) is 74.2. The summed E-state index contributed by atoms with van der Waals surface area (Å²) < 4.78 is 68.7. The van der Waals surface area contributed by atoms with Gasteiger partial charge in [-0.2, -0.15) is 0 Å². The van der Waals surface area contributed by atoms with Crippen molar-refractivity contribution in [2.45, 2.75) is 452 Å². The van der Waals surface area contributed by atoms with E-state index in [1.54, 1.807) is 0 Å². The number of rotatable bonds is 81. The normalized spacial score (nSPS) is 14.2. The van der Waals surface area contributed by atoms with Crippen molar-refractivity contribution >= 4 is 39.5 Å². The first-order valence-corrected chi connectivity index (χ1v) is 45.5. The molecule has 3 unspecified atom stereocenters. The molecule has 17 nitrogen and oxygen atoms in total. The van der Waals surface area contributed by atoms with Gasteiger partial charge in [0, 0.05) is 25.7 Å². The van der Waals surface area contributed by atoms with E-state index in [2.05, 4.69) is 41.5 Å². The lowest BCUT2D eigenvalue weighted by Crippen LogP contribution is -2.30. The van der Waals surface area contributed by atoms with Crippen LogP contribution in [0.15, 0.2) is 0 Å². The number of aliphatic hydroxyl groups excluding tert-OH is 1. The van der Waals surface area contributed by atoms with Crippen LogP contribution in [0, 0.1) is 11.8 Å². The zero-order valence-corrected chi connectivity index (χ0v) is 68.0. The molecule has 101 heavy (non-hydrogen) atoms. The van der Waals surface area contributed by atoms with Gasteiger partial charge in [-0.25, -0.2) is 9.13 Å². The van der Waals surface area contributed by atoms with Crippen LogP contribution in [0.25, 0.3) is 0 Å². The molecule has 19 heteroatoms. The van der Waals surface area contributed by atoms with Crippen LogP contribution in [-0.4, -0.2) is 96.7 Å². The largest absolute Gasteiger partial charge is 0.472 e. The number of phosphoric ester groups is 2. The van der Waals surface area contributed by atoms with Crippen LogP contribution in [0.2, 0.25) is 0 Å². The highest BCUT2D eigenvalue weighted by atomic mass is 31.2. The molecule has 0 aliphatic heterocycles. The van der Waals surface area contributed by atoms with Crippen LogP contribution in [0.1, 0.15) is 433 Å².